The summed E-state index contributed by atoms with van der Waals surface area (Å²) < 4.78 is 5.87. The Morgan fingerprint density at radius 2 is 1.88 bits per heavy atom. The minimum atomic E-state index is -0.175. The first-order valence-corrected chi connectivity index (χ1v) is 9.12. The van der Waals surface area contributed by atoms with Gasteiger partial charge >= 0.3 is 0 Å². The minimum Gasteiger partial charge on any atom is -0.490 e. The number of amides is 1. The van der Waals surface area contributed by atoms with Crippen molar-refractivity contribution in [2.75, 3.05) is 31.6 Å². The van der Waals surface area contributed by atoms with Crippen LogP contribution in [0.25, 0.3) is 6.08 Å². The summed E-state index contributed by atoms with van der Waals surface area (Å²) in [5.41, 5.74) is 2.86. The molecule has 2 rings (SSSR count). The maximum Gasteiger partial charge on any atom is 0.248 e. The molecule has 0 aliphatic heterocycles. The summed E-state index contributed by atoms with van der Waals surface area (Å²) in [5, 5.41) is 2.90. The Hall–Kier alpha value is -2.59. The zero-order valence-electron chi connectivity index (χ0n) is 15.9. The average molecular weight is 352 g/mol. The molecule has 0 unspecified atom stereocenters. The summed E-state index contributed by atoms with van der Waals surface area (Å²) in [4.78, 5) is 14.5. The highest BCUT2D eigenvalue weighted by atomic mass is 16.5. The number of aryl methyl sites for hydroxylation is 1. The van der Waals surface area contributed by atoms with Gasteiger partial charge in [-0.25, -0.2) is 0 Å². The molecule has 0 heterocycles. The first kappa shape index (κ1) is 19.7. The van der Waals surface area contributed by atoms with Crippen molar-refractivity contribution in [3.8, 4) is 5.75 Å². The molecule has 0 aliphatic rings. The van der Waals surface area contributed by atoms with Gasteiger partial charge in [-0.15, -0.1) is 0 Å². The Labute approximate surface area is 156 Å². The van der Waals surface area contributed by atoms with Crippen LogP contribution < -0.4 is 10.1 Å². The summed E-state index contributed by atoms with van der Waals surface area (Å²) >= 11 is 0. The maximum atomic E-state index is 12.2. The molecule has 4 heteroatoms. The van der Waals surface area contributed by atoms with Crippen molar-refractivity contribution in [2.45, 2.75) is 20.8 Å². The Morgan fingerprint density at radius 1 is 1.12 bits per heavy atom. The van der Waals surface area contributed by atoms with E-state index >= 15 is 0 Å². The fourth-order valence-corrected chi connectivity index (χ4v) is 2.64. The van der Waals surface area contributed by atoms with E-state index in [1.54, 1.807) is 6.08 Å². The lowest BCUT2D eigenvalue weighted by molar-refractivity contribution is -0.111. The van der Waals surface area contributed by atoms with Crippen molar-refractivity contribution in [2.24, 2.45) is 0 Å². The first-order valence-electron chi connectivity index (χ1n) is 9.12. The van der Waals surface area contributed by atoms with E-state index in [0.717, 1.165) is 25.2 Å². The number of nitrogens with zero attached hydrogens (tertiary/aromatic N) is 1. The number of rotatable bonds is 9. The Morgan fingerprint density at radius 3 is 2.62 bits per heavy atom. The van der Waals surface area contributed by atoms with Gasteiger partial charge in [0.25, 0.3) is 0 Å². The van der Waals surface area contributed by atoms with Crippen molar-refractivity contribution in [3.05, 3.63) is 65.7 Å². The first-order chi connectivity index (χ1) is 12.6. The molecule has 1 N–H and O–H groups in total. The fourth-order valence-electron chi connectivity index (χ4n) is 2.64. The fraction of sp³-hybridized carbons (Fsp3) is 0.318. The molecule has 1 amide bonds. The summed E-state index contributed by atoms with van der Waals surface area (Å²) in [5.74, 6) is 0.517. The highest BCUT2D eigenvalue weighted by Gasteiger charge is 2.06. The molecule has 138 valence electrons. The van der Waals surface area contributed by atoms with Crippen LogP contribution >= 0.6 is 0 Å². The predicted octanol–water partition coefficient (Wildman–Crippen LogP) is 4.37. The highest BCUT2D eigenvalue weighted by Crippen LogP contribution is 2.23. The molecule has 0 fully saturated rings. The normalized spacial score (nSPS) is 11.1. The van der Waals surface area contributed by atoms with Crippen molar-refractivity contribution in [1.29, 1.82) is 0 Å². The molecule has 0 aliphatic carbocycles. The van der Waals surface area contributed by atoms with E-state index in [4.69, 9.17) is 4.74 Å². The second kappa shape index (κ2) is 10.4. The topological polar surface area (TPSA) is 41.6 Å². The summed E-state index contributed by atoms with van der Waals surface area (Å²) in [6.45, 7) is 9.76. The van der Waals surface area contributed by atoms with Crippen LogP contribution in [0.4, 0.5) is 5.69 Å². The number of anilines is 1. The van der Waals surface area contributed by atoms with Gasteiger partial charge in [0.05, 0.1) is 5.69 Å². The van der Waals surface area contributed by atoms with Gasteiger partial charge < -0.3 is 15.0 Å². The molecule has 26 heavy (non-hydrogen) atoms. The molecule has 4 nitrogen and oxygen atoms in total. The molecule has 0 bridgehead atoms. The number of hydrogen-bond acceptors (Lipinski definition) is 3. The van der Waals surface area contributed by atoms with Gasteiger partial charge in [-0.05, 0) is 43.8 Å². The third-order valence-electron chi connectivity index (χ3n) is 4.17. The summed E-state index contributed by atoms with van der Waals surface area (Å²) in [6.07, 6.45) is 3.35. The SMILES string of the molecule is CCN(CC)CCOc1ccccc1NC(=O)/C=C/c1cccc(C)c1. The van der Waals surface area contributed by atoms with E-state index in [9.17, 15) is 4.79 Å². The van der Waals surface area contributed by atoms with E-state index in [0.29, 0.717) is 18.0 Å². The predicted molar refractivity (Wildman–Crippen MR) is 109 cm³/mol. The van der Waals surface area contributed by atoms with Crippen LogP contribution in [0.1, 0.15) is 25.0 Å². The number of para-hydroxylation sites is 2. The van der Waals surface area contributed by atoms with Crippen molar-refractivity contribution in [1.82, 2.24) is 4.90 Å². The second-order valence-electron chi connectivity index (χ2n) is 6.11. The third kappa shape index (κ3) is 6.37. The lowest BCUT2D eigenvalue weighted by Crippen LogP contribution is -2.28. The number of carbonyl (C=O) groups is 1. The van der Waals surface area contributed by atoms with E-state index in [2.05, 4.69) is 24.1 Å². The molecular formula is C22H28N2O2. The Kier molecular flexibility index (Phi) is 7.90. The monoisotopic (exact) mass is 352 g/mol. The molecule has 0 spiro atoms. The van der Waals surface area contributed by atoms with Gasteiger partial charge in [-0.2, -0.15) is 0 Å². The quantitative estimate of drug-likeness (QED) is 0.682. The van der Waals surface area contributed by atoms with Gasteiger partial charge in [0.1, 0.15) is 12.4 Å². The van der Waals surface area contributed by atoms with Crippen LogP contribution in [-0.4, -0.2) is 37.0 Å². The average Bonchev–Trinajstić information content (AvgIpc) is 2.65. The molecule has 0 aromatic heterocycles. The number of carbonyl (C=O) groups excluding carboxylic acids is 1. The van der Waals surface area contributed by atoms with Crippen LogP contribution in [0.5, 0.6) is 5.75 Å². The number of ether oxygens (including phenoxy) is 1. The van der Waals surface area contributed by atoms with Crippen molar-refractivity contribution >= 4 is 17.7 Å². The van der Waals surface area contributed by atoms with E-state index < -0.39 is 0 Å². The van der Waals surface area contributed by atoms with E-state index in [1.807, 2.05) is 61.5 Å². The third-order valence-corrected chi connectivity index (χ3v) is 4.17. The lowest BCUT2D eigenvalue weighted by atomic mass is 10.1. The van der Waals surface area contributed by atoms with Crippen LogP contribution in [0.3, 0.4) is 0 Å². The van der Waals surface area contributed by atoms with Crippen LogP contribution in [-0.2, 0) is 4.79 Å². The van der Waals surface area contributed by atoms with Gasteiger partial charge in [0, 0.05) is 12.6 Å². The smallest absolute Gasteiger partial charge is 0.248 e. The van der Waals surface area contributed by atoms with E-state index in [1.165, 1.54) is 5.56 Å². The number of nitrogens with one attached hydrogen (secondary N) is 1. The summed E-state index contributed by atoms with van der Waals surface area (Å²) in [7, 11) is 0. The van der Waals surface area contributed by atoms with Crippen molar-refractivity contribution < 1.29 is 9.53 Å². The lowest BCUT2D eigenvalue weighted by Gasteiger charge is -2.19. The molecule has 0 saturated heterocycles. The van der Waals surface area contributed by atoms with Gasteiger partial charge in [-0.1, -0.05) is 55.8 Å². The van der Waals surface area contributed by atoms with E-state index in [-0.39, 0.29) is 5.91 Å². The van der Waals surface area contributed by atoms with Gasteiger partial charge in [0.15, 0.2) is 0 Å². The van der Waals surface area contributed by atoms with Gasteiger partial charge in [0.2, 0.25) is 5.91 Å². The molecule has 0 atom stereocenters. The van der Waals surface area contributed by atoms with Crippen molar-refractivity contribution in [3.63, 3.8) is 0 Å². The highest BCUT2D eigenvalue weighted by molar-refractivity contribution is 6.02. The molecule has 0 saturated carbocycles. The van der Waals surface area contributed by atoms with Crippen LogP contribution in [0.15, 0.2) is 54.6 Å². The second-order valence-corrected chi connectivity index (χ2v) is 6.11. The zero-order valence-corrected chi connectivity index (χ0v) is 15.9. The minimum absolute atomic E-state index is 0.175. The summed E-state index contributed by atoms with van der Waals surface area (Å²) in [6, 6.07) is 15.5. The Balaban J connectivity index is 1.95. The van der Waals surface area contributed by atoms with Crippen LogP contribution in [0.2, 0.25) is 0 Å². The zero-order chi connectivity index (χ0) is 18.8. The maximum absolute atomic E-state index is 12.2. The standard InChI is InChI=1S/C22H28N2O2/c1-4-24(5-2)15-16-26-21-12-7-6-11-20(21)23-22(25)14-13-19-10-8-9-18(3)17-19/h6-14,17H,4-5,15-16H2,1-3H3,(H,23,25)/b14-13+. The number of likely N-dealkylation sites (N-methyl/N-ethyl adjacent to an activating group) is 1. The largest absolute Gasteiger partial charge is 0.490 e. The molecule has 2 aromatic rings. The van der Waals surface area contributed by atoms with Crippen LogP contribution in [0, 0.1) is 6.92 Å². The molecular weight excluding hydrogens is 324 g/mol. The van der Waals surface area contributed by atoms with Gasteiger partial charge in [-0.3, -0.25) is 4.79 Å². The number of hydrogen-bond donors (Lipinski definition) is 1. The number of benzene rings is 2. The Bertz CT molecular complexity index is 736. The molecule has 2 aromatic carbocycles. The molecule has 0 radical (unpaired) electrons.